The molecule has 0 aromatic rings. The molecular weight excluding hydrogens is 252 g/mol. The van der Waals surface area contributed by atoms with Gasteiger partial charge in [0.05, 0.1) is 12.6 Å². The van der Waals surface area contributed by atoms with Gasteiger partial charge in [0.15, 0.2) is 0 Å². The van der Waals surface area contributed by atoms with Gasteiger partial charge in [-0.05, 0) is 51.6 Å². The number of hydrogen-bond acceptors (Lipinski definition) is 3. The fourth-order valence-electron chi connectivity index (χ4n) is 3.39. The van der Waals surface area contributed by atoms with E-state index >= 15 is 0 Å². The Morgan fingerprint density at radius 2 is 1.95 bits per heavy atom. The van der Waals surface area contributed by atoms with Crippen LogP contribution in [-0.4, -0.2) is 61.6 Å². The number of rotatable bonds is 4. The Kier molecular flexibility index (Phi) is 6.30. The molecular formula is C16H30N2O2. The summed E-state index contributed by atoms with van der Waals surface area (Å²) < 4.78 is 5.51. The van der Waals surface area contributed by atoms with Crippen molar-refractivity contribution in [3.8, 4) is 0 Å². The molecule has 0 unspecified atom stereocenters. The maximum absolute atomic E-state index is 12.6. The number of carbonyl (C=O) groups excluding carboxylic acids is 1. The van der Waals surface area contributed by atoms with Gasteiger partial charge in [-0.2, -0.15) is 0 Å². The average Bonchev–Trinajstić information content (AvgIpc) is 2.75. The molecule has 2 rings (SSSR count). The van der Waals surface area contributed by atoms with Gasteiger partial charge in [-0.1, -0.05) is 12.8 Å². The monoisotopic (exact) mass is 282 g/mol. The highest BCUT2D eigenvalue weighted by Crippen LogP contribution is 2.17. The second-order valence-electron chi connectivity index (χ2n) is 6.43. The molecule has 2 aliphatic heterocycles. The summed E-state index contributed by atoms with van der Waals surface area (Å²) in [6.07, 6.45) is 7.42. The molecule has 2 fully saturated rings. The Morgan fingerprint density at radius 3 is 2.55 bits per heavy atom. The predicted octanol–water partition coefficient (Wildman–Crippen LogP) is 2.14. The zero-order valence-electron chi connectivity index (χ0n) is 13.1. The largest absolute Gasteiger partial charge is 0.381 e. The van der Waals surface area contributed by atoms with Gasteiger partial charge in [0.1, 0.15) is 0 Å². The molecule has 0 bridgehead atoms. The van der Waals surface area contributed by atoms with E-state index < -0.39 is 0 Å². The van der Waals surface area contributed by atoms with E-state index in [9.17, 15) is 4.79 Å². The van der Waals surface area contributed by atoms with Gasteiger partial charge in [-0.15, -0.1) is 0 Å². The predicted molar refractivity (Wildman–Crippen MR) is 80.7 cm³/mol. The van der Waals surface area contributed by atoms with Crippen molar-refractivity contribution < 1.29 is 9.53 Å². The zero-order valence-corrected chi connectivity index (χ0v) is 13.1. The molecule has 2 atom stereocenters. The normalized spacial score (nSPS) is 26.8. The van der Waals surface area contributed by atoms with E-state index in [4.69, 9.17) is 4.74 Å². The summed E-state index contributed by atoms with van der Waals surface area (Å²) in [5.74, 6) is 0.798. The van der Waals surface area contributed by atoms with Crippen LogP contribution in [0.2, 0.25) is 0 Å². The third-order valence-corrected chi connectivity index (χ3v) is 4.71. The molecule has 0 aromatic heterocycles. The number of likely N-dealkylation sites (N-methyl/N-ethyl adjacent to an activating group) is 1. The number of amides is 1. The summed E-state index contributed by atoms with van der Waals surface area (Å²) in [7, 11) is 1.95. The van der Waals surface area contributed by atoms with Crippen molar-refractivity contribution in [1.82, 2.24) is 9.80 Å². The molecule has 4 nitrogen and oxygen atoms in total. The first-order chi connectivity index (χ1) is 9.68. The lowest BCUT2D eigenvalue weighted by Gasteiger charge is -2.32. The van der Waals surface area contributed by atoms with Crippen LogP contribution in [0.3, 0.4) is 0 Å². The van der Waals surface area contributed by atoms with Gasteiger partial charge in [0.2, 0.25) is 5.91 Å². The number of nitrogens with zero attached hydrogens (tertiary/aromatic N) is 2. The lowest BCUT2D eigenvalue weighted by atomic mass is 10.0. The Labute approximate surface area is 123 Å². The maximum Gasteiger partial charge on any atom is 0.239 e. The van der Waals surface area contributed by atoms with Gasteiger partial charge in [-0.3, -0.25) is 9.69 Å². The minimum atomic E-state index is 0.0302. The fourth-order valence-corrected chi connectivity index (χ4v) is 3.39. The molecule has 20 heavy (non-hydrogen) atoms. The standard InChI is InChI=1S/C16H30N2O2/c1-14(18-9-5-3-4-6-10-18)16(19)17(2)12-15-8-7-11-20-13-15/h14-15H,3-13H2,1-2H3/t14-,15+/m0/s1. The Bertz CT molecular complexity index is 295. The van der Waals surface area contributed by atoms with Crippen LogP contribution in [0.1, 0.15) is 45.4 Å². The number of likely N-dealkylation sites (tertiary alicyclic amines) is 1. The van der Waals surface area contributed by atoms with E-state index in [1.165, 1.54) is 32.1 Å². The third-order valence-electron chi connectivity index (χ3n) is 4.71. The molecule has 0 N–H and O–H groups in total. The highest BCUT2D eigenvalue weighted by molar-refractivity contribution is 5.81. The van der Waals surface area contributed by atoms with E-state index in [0.29, 0.717) is 5.92 Å². The van der Waals surface area contributed by atoms with E-state index in [-0.39, 0.29) is 11.9 Å². The van der Waals surface area contributed by atoms with Crippen LogP contribution >= 0.6 is 0 Å². The van der Waals surface area contributed by atoms with Gasteiger partial charge in [0.25, 0.3) is 0 Å². The molecule has 2 aliphatic rings. The minimum absolute atomic E-state index is 0.0302. The van der Waals surface area contributed by atoms with Crippen LogP contribution in [0, 0.1) is 5.92 Å². The molecule has 2 saturated heterocycles. The molecule has 0 saturated carbocycles. The zero-order chi connectivity index (χ0) is 14.4. The molecule has 0 aromatic carbocycles. The van der Waals surface area contributed by atoms with Crippen molar-refractivity contribution in [3.63, 3.8) is 0 Å². The summed E-state index contributed by atoms with van der Waals surface area (Å²) >= 11 is 0. The quantitative estimate of drug-likeness (QED) is 0.792. The van der Waals surface area contributed by atoms with E-state index in [1.54, 1.807) is 0 Å². The smallest absolute Gasteiger partial charge is 0.239 e. The first kappa shape index (κ1) is 15.8. The second-order valence-corrected chi connectivity index (χ2v) is 6.43. The topological polar surface area (TPSA) is 32.8 Å². The summed E-state index contributed by atoms with van der Waals surface area (Å²) in [5.41, 5.74) is 0. The molecule has 0 radical (unpaired) electrons. The van der Waals surface area contributed by atoms with Crippen LogP contribution in [0.4, 0.5) is 0 Å². The van der Waals surface area contributed by atoms with Crippen LogP contribution in [0.25, 0.3) is 0 Å². The first-order valence-corrected chi connectivity index (χ1v) is 8.25. The van der Waals surface area contributed by atoms with Crippen molar-refractivity contribution in [1.29, 1.82) is 0 Å². The van der Waals surface area contributed by atoms with Crippen molar-refractivity contribution in [2.45, 2.75) is 51.5 Å². The number of carbonyl (C=O) groups is 1. The summed E-state index contributed by atoms with van der Waals surface area (Å²) in [6, 6.07) is 0.0302. The molecule has 2 heterocycles. The summed E-state index contributed by atoms with van der Waals surface area (Å²) in [4.78, 5) is 16.9. The fraction of sp³-hybridized carbons (Fsp3) is 0.938. The van der Waals surface area contributed by atoms with Gasteiger partial charge in [-0.25, -0.2) is 0 Å². The molecule has 0 spiro atoms. The third kappa shape index (κ3) is 4.45. The molecule has 1 amide bonds. The van der Waals surface area contributed by atoms with E-state index in [2.05, 4.69) is 11.8 Å². The van der Waals surface area contributed by atoms with Crippen LogP contribution in [0.5, 0.6) is 0 Å². The second kappa shape index (κ2) is 7.99. The van der Waals surface area contributed by atoms with Crippen molar-refractivity contribution in [3.05, 3.63) is 0 Å². The van der Waals surface area contributed by atoms with E-state index in [0.717, 1.165) is 39.3 Å². The van der Waals surface area contributed by atoms with E-state index in [1.807, 2.05) is 11.9 Å². The Hall–Kier alpha value is -0.610. The molecule has 4 heteroatoms. The van der Waals surface area contributed by atoms with Crippen LogP contribution in [-0.2, 0) is 9.53 Å². The minimum Gasteiger partial charge on any atom is -0.381 e. The average molecular weight is 282 g/mol. The van der Waals surface area contributed by atoms with Gasteiger partial charge in [0, 0.05) is 20.2 Å². The number of ether oxygens (including phenoxy) is 1. The Balaban J connectivity index is 1.81. The molecule has 116 valence electrons. The van der Waals surface area contributed by atoms with Crippen molar-refractivity contribution in [2.24, 2.45) is 5.92 Å². The summed E-state index contributed by atoms with van der Waals surface area (Å²) in [6.45, 7) is 6.77. The lowest BCUT2D eigenvalue weighted by Crippen LogP contribution is -2.47. The summed E-state index contributed by atoms with van der Waals surface area (Å²) in [5, 5.41) is 0. The van der Waals surface area contributed by atoms with Crippen molar-refractivity contribution in [2.75, 3.05) is 39.9 Å². The van der Waals surface area contributed by atoms with Crippen LogP contribution in [0.15, 0.2) is 0 Å². The molecule has 0 aliphatic carbocycles. The Morgan fingerprint density at radius 1 is 1.25 bits per heavy atom. The maximum atomic E-state index is 12.6. The first-order valence-electron chi connectivity index (χ1n) is 8.25. The lowest BCUT2D eigenvalue weighted by molar-refractivity contribution is -0.136. The van der Waals surface area contributed by atoms with Gasteiger partial charge >= 0.3 is 0 Å². The SMILES string of the molecule is C[C@@H](C(=O)N(C)C[C@H]1CCCOC1)N1CCCCCC1. The highest BCUT2D eigenvalue weighted by atomic mass is 16.5. The number of hydrogen-bond donors (Lipinski definition) is 0. The highest BCUT2D eigenvalue weighted by Gasteiger charge is 2.26. The van der Waals surface area contributed by atoms with Gasteiger partial charge < -0.3 is 9.64 Å². The van der Waals surface area contributed by atoms with Crippen molar-refractivity contribution >= 4 is 5.91 Å². The van der Waals surface area contributed by atoms with Crippen LogP contribution < -0.4 is 0 Å².